The van der Waals surface area contributed by atoms with E-state index in [9.17, 15) is 19.1 Å². The predicted molar refractivity (Wildman–Crippen MR) is 159 cm³/mol. The predicted octanol–water partition coefficient (Wildman–Crippen LogP) is 6.08. The van der Waals surface area contributed by atoms with Crippen LogP contribution in [0.25, 0.3) is 22.5 Å². The van der Waals surface area contributed by atoms with E-state index in [-0.39, 0.29) is 24.7 Å². The zero-order chi connectivity index (χ0) is 27.9. The van der Waals surface area contributed by atoms with E-state index in [1.54, 1.807) is 49.6 Å². The van der Waals surface area contributed by atoms with E-state index in [2.05, 4.69) is 5.32 Å². The molecule has 2 unspecified atom stereocenters. The summed E-state index contributed by atoms with van der Waals surface area (Å²) in [6.45, 7) is 1.95. The molecule has 1 amide bonds. The maximum atomic E-state index is 14.3. The molecule has 4 rings (SSSR count). The quantitative estimate of drug-likeness (QED) is 0.218. The van der Waals surface area contributed by atoms with Gasteiger partial charge in [-0.15, -0.1) is 0 Å². The number of amides is 1. The molecule has 204 valence electrons. The number of nitrogens with one attached hydrogen (secondary N) is 1. The van der Waals surface area contributed by atoms with Gasteiger partial charge in [0.05, 0.1) is 5.56 Å². The number of carbonyl (C=O) groups excluding carboxylic acids is 1. The molecule has 1 aromatic heterocycles. The number of aliphatic carboxylic acids is 1. The number of rotatable bonds is 11. The number of carboxylic acids is 1. The zero-order valence-electron chi connectivity index (χ0n) is 21.9. The van der Waals surface area contributed by atoms with Gasteiger partial charge in [0, 0.05) is 12.7 Å². The Morgan fingerprint density at radius 2 is 1.70 bits per heavy atom. The number of thioether (sulfide) groups is 1. The summed E-state index contributed by atoms with van der Waals surface area (Å²) in [5.74, 6) is -0.468. The number of ether oxygens (including phenoxy) is 1. The average Bonchev–Trinajstić information content (AvgIpc) is 3.41. The molecule has 0 aliphatic heterocycles. The number of aryl methyl sites for hydroxylation is 1. The van der Waals surface area contributed by atoms with Crippen LogP contribution in [0.2, 0.25) is 0 Å². The molecular formula is C31H31FLiNO5S. The normalized spacial score (nSPS) is 12.3. The molecule has 9 heteroatoms. The minimum absolute atomic E-state index is 0. The van der Waals surface area contributed by atoms with Crippen LogP contribution in [0.3, 0.4) is 0 Å². The molecule has 2 N–H and O–H groups in total. The third kappa shape index (κ3) is 7.07. The maximum absolute atomic E-state index is 14.3. The molecule has 0 spiro atoms. The van der Waals surface area contributed by atoms with Gasteiger partial charge in [0.1, 0.15) is 29.5 Å². The molecule has 0 saturated heterocycles. The number of hydrogen-bond acceptors (Lipinski definition) is 5. The van der Waals surface area contributed by atoms with Gasteiger partial charge in [-0.1, -0.05) is 42.5 Å². The van der Waals surface area contributed by atoms with Gasteiger partial charge < -0.3 is 19.6 Å². The fourth-order valence-electron chi connectivity index (χ4n) is 4.47. The van der Waals surface area contributed by atoms with Crippen molar-refractivity contribution in [3.05, 3.63) is 107 Å². The van der Waals surface area contributed by atoms with E-state index in [1.807, 2.05) is 43.5 Å². The molecule has 0 saturated carbocycles. The molecule has 0 fully saturated rings. The second-order valence-electron chi connectivity index (χ2n) is 9.06. The van der Waals surface area contributed by atoms with Gasteiger partial charge in [0.15, 0.2) is 0 Å². The SMILES string of the molecule is COC(c1ccc(C(=O)NC(CCSC)C(=O)O)c(-c2ccccc2C)c1)c1ccc(-c2ccccc2F)o1.[LiH]. The monoisotopic (exact) mass is 555 g/mol. The molecule has 40 heavy (non-hydrogen) atoms. The van der Waals surface area contributed by atoms with Gasteiger partial charge in [0.2, 0.25) is 0 Å². The summed E-state index contributed by atoms with van der Waals surface area (Å²) < 4.78 is 26.1. The molecule has 0 aliphatic rings. The fraction of sp³-hybridized carbons (Fsp3) is 0.226. The Hall–Kier alpha value is -3.28. The van der Waals surface area contributed by atoms with Gasteiger partial charge >= 0.3 is 24.8 Å². The Bertz CT molecular complexity index is 1470. The molecule has 4 aromatic rings. The Morgan fingerprint density at radius 3 is 2.35 bits per heavy atom. The van der Waals surface area contributed by atoms with Crippen molar-refractivity contribution >= 4 is 42.5 Å². The number of halogens is 1. The van der Waals surface area contributed by atoms with Gasteiger partial charge in [-0.25, -0.2) is 9.18 Å². The molecule has 2 atom stereocenters. The van der Waals surface area contributed by atoms with Crippen LogP contribution in [0, 0.1) is 12.7 Å². The summed E-state index contributed by atoms with van der Waals surface area (Å²) in [5, 5.41) is 12.3. The van der Waals surface area contributed by atoms with Crippen molar-refractivity contribution in [3.63, 3.8) is 0 Å². The van der Waals surface area contributed by atoms with Crippen molar-refractivity contribution in [1.29, 1.82) is 0 Å². The van der Waals surface area contributed by atoms with Crippen molar-refractivity contribution in [2.45, 2.75) is 25.5 Å². The van der Waals surface area contributed by atoms with E-state index in [4.69, 9.17) is 9.15 Å². The summed E-state index contributed by atoms with van der Waals surface area (Å²) in [6.07, 6.45) is 1.58. The number of methoxy groups -OCH3 is 1. The Balaban J connectivity index is 0.00000441. The molecule has 0 bridgehead atoms. The first-order valence-electron chi connectivity index (χ1n) is 12.4. The Morgan fingerprint density at radius 1 is 1.00 bits per heavy atom. The molecule has 1 heterocycles. The molecule has 6 nitrogen and oxygen atoms in total. The van der Waals surface area contributed by atoms with Crippen LogP contribution in [0.4, 0.5) is 4.39 Å². The Labute approximate surface area is 249 Å². The molecule has 0 aliphatic carbocycles. The number of hydrogen-bond donors (Lipinski definition) is 2. The van der Waals surface area contributed by atoms with Crippen LogP contribution >= 0.6 is 11.8 Å². The van der Waals surface area contributed by atoms with Crippen molar-refractivity contribution in [1.82, 2.24) is 5.32 Å². The van der Waals surface area contributed by atoms with Crippen LogP contribution in [0.15, 0.2) is 83.3 Å². The summed E-state index contributed by atoms with van der Waals surface area (Å²) in [4.78, 5) is 25.1. The second kappa shape index (κ2) is 14.4. The summed E-state index contributed by atoms with van der Waals surface area (Å²) in [6, 6.07) is 21.8. The summed E-state index contributed by atoms with van der Waals surface area (Å²) >= 11 is 1.52. The average molecular weight is 556 g/mol. The first-order valence-corrected chi connectivity index (χ1v) is 13.8. The summed E-state index contributed by atoms with van der Waals surface area (Å²) in [7, 11) is 1.55. The first kappa shape index (κ1) is 31.2. The van der Waals surface area contributed by atoms with Gasteiger partial charge in [-0.05, 0) is 84.0 Å². The van der Waals surface area contributed by atoms with Crippen LogP contribution in [-0.4, -0.2) is 61.0 Å². The molecule has 3 aromatic carbocycles. The van der Waals surface area contributed by atoms with Crippen molar-refractivity contribution in [2.75, 3.05) is 19.1 Å². The van der Waals surface area contributed by atoms with Gasteiger partial charge in [-0.3, -0.25) is 4.79 Å². The van der Waals surface area contributed by atoms with Gasteiger partial charge in [0.25, 0.3) is 5.91 Å². The van der Waals surface area contributed by atoms with Crippen LogP contribution in [0.1, 0.15) is 39.8 Å². The topological polar surface area (TPSA) is 88.8 Å². The van der Waals surface area contributed by atoms with E-state index >= 15 is 0 Å². The Kier molecular flexibility index (Phi) is 11.2. The van der Waals surface area contributed by atoms with E-state index in [0.29, 0.717) is 40.4 Å². The van der Waals surface area contributed by atoms with Crippen molar-refractivity contribution < 1.29 is 28.2 Å². The van der Waals surface area contributed by atoms with E-state index < -0.39 is 24.0 Å². The van der Waals surface area contributed by atoms with Crippen molar-refractivity contribution in [2.24, 2.45) is 0 Å². The first-order chi connectivity index (χ1) is 18.8. The fourth-order valence-corrected chi connectivity index (χ4v) is 4.94. The number of carboxylic acid groups (broad SMARTS) is 1. The van der Waals surface area contributed by atoms with Gasteiger partial charge in [-0.2, -0.15) is 11.8 Å². The number of furan rings is 1. The number of carbonyl (C=O) groups is 2. The van der Waals surface area contributed by atoms with E-state index in [1.165, 1.54) is 17.8 Å². The third-order valence-corrected chi connectivity index (χ3v) is 7.14. The second-order valence-corrected chi connectivity index (χ2v) is 10.0. The van der Waals surface area contributed by atoms with Crippen molar-refractivity contribution in [3.8, 4) is 22.5 Å². The molecule has 0 radical (unpaired) electrons. The number of benzene rings is 3. The standard InChI is InChI=1S/C31H30FNO5S.Li.H/c1-19-8-4-5-9-21(19)24-18-20(12-13-22(24)30(34)33-26(31(35)36)16-17-39-3)29(37-2)28-15-14-27(38-28)23-10-6-7-11-25(23)32;;/h4-15,18,26,29H,16-17H2,1-3H3,(H,33,34)(H,35,36);;. The third-order valence-electron chi connectivity index (χ3n) is 6.50. The molecular weight excluding hydrogens is 524 g/mol. The zero-order valence-corrected chi connectivity index (χ0v) is 22.8. The van der Waals surface area contributed by atoms with E-state index in [0.717, 1.165) is 16.7 Å². The summed E-state index contributed by atoms with van der Waals surface area (Å²) in [5.41, 5.74) is 3.85. The van der Waals surface area contributed by atoms with Crippen LogP contribution < -0.4 is 5.32 Å². The minimum atomic E-state index is -1.07. The van der Waals surface area contributed by atoms with Crippen LogP contribution in [-0.2, 0) is 9.53 Å². The van der Waals surface area contributed by atoms with Crippen LogP contribution in [0.5, 0.6) is 0 Å².